The van der Waals surface area contributed by atoms with Crippen LogP contribution in [0.15, 0.2) is 41.2 Å². The average Bonchev–Trinajstić information content (AvgIpc) is 2.84. The number of aliphatic hydroxyl groups is 1. The minimum atomic E-state index is -0.536. The number of aryl methyl sites for hydroxylation is 1. The first-order valence-electron chi connectivity index (χ1n) is 11.8. The van der Waals surface area contributed by atoms with Gasteiger partial charge in [-0.15, -0.1) is 0 Å². The van der Waals surface area contributed by atoms with Crippen LogP contribution in [0.5, 0.6) is 5.88 Å². The van der Waals surface area contributed by atoms with Crippen molar-refractivity contribution in [1.82, 2.24) is 20.6 Å². The van der Waals surface area contributed by atoms with Crippen LogP contribution in [0.2, 0.25) is 0 Å². The van der Waals surface area contributed by atoms with Gasteiger partial charge in [-0.2, -0.15) is 0 Å². The van der Waals surface area contributed by atoms with Crippen molar-refractivity contribution in [2.75, 3.05) is 31.5 Å². The van der Waals surface area contributed by atoms with E-state index >= 15 is 0 Å². The second-order valence-corrected chi connectivity index (χ2v) is 9.29. The summed E-state index contributed by atoms with van der Waals surface area (Å²) in [5, 5.41) is 21.5. The van der Waals surface area contributed by atoms with Crippen LogP contribution in [0.25, 0.3) is 10.9 Å². The Morgan fingerprint density at radius 1 is 1.23 bits per heavy atom. The number of aromatic nitrogens is 2. The summed E-state index contributed by atoms with van der Waals surface area (Å²) in [4.78, 5) is 31.3. The molecule has 2 atom stereocenters. The molecule has 0 radical (unpaired) electrons. The largest absolute Gasteiger partial charge is 0.404 e. The molecular formula is C25H28FN5O4. The molecule has 1 fully saturated rings. The number of nitrogens with one attached hydrogen (secondary N) is 4. The molecule has 35 heavy (non-hydrogen) atoms. The molecule has 0 aliphatic carbocycles. The number of nitrogens with zero attached hydrogens (tertiary/aromatic N) is 1. The number of carbonyl (C=O) groups excluding carboxylic acids is 1. The van der Waals surface area contributed by atoms with Gasteiger partial charge in [0.05, 0.1) is 23.0 Å². The van der Waals surface area contributed by atoms with Gasteiger partial charge in [0.15, 0.2) is 0 Å². The number of hydrogen-bond acceptors (Lipinski definition) is 8. The first-order valence-corrected chi connectivity index (χ1v) is 11.8. The number of ether oxygens (including phenoxy) is 1. The van der Waals surface area contributed by atoms with Crippen LogP contribution in [-0.4, -0.2) is 53.3 Å². The number of pyridine rings is 2. The molecule has 10 heteroatoms. The summed E-state index contributed by atoms with van der Waals surface area (Å²) >= 11 is 0. The van der Waals surface area contributed by atoms with Crippen LogP contribution < -0.4 is 26.2 Å². The molecule has 2 aliphatic rings. The number of esters is 1. The van der Waals surface area contributed by atoms with Gasteiger partial charge in [-0.05, 0) is 67.6 Å². The molecule has 0 amide bonds. The van der Waals surface area contributed by atoms with Crippen molar-refractivity contribution in [3.63, 3.8) is 0 Å². The van der Waals surface area contributed by atoms with Crippen LogP contribution in [0.4, 0.5) is 10.1 Å². The van der Waals surface area contributed by atoms with Crippen LogP contribution in [0.1, 0.15) is 24.1 Å². The van der Waals surface area contributed by atoms with Crippen LogP contribution >= 0.6 is 0 Å². The summed E-state index contributed by atoms with van der Waals surface area (Å²) in [5.41, 5.74) is 1.74. The van der Waals surface area contributed by atoms with E-state index in [1.807, 2.05) is 12.1 Å². The van der Waals surface area contributed by atoms with E-state index in [1.54, 1.807) is 12.1 Å². The van der Waals surface area contributed by atoms with Crippen LogP contribution in [0.3, 0.4) is 0 Å². The SMILES string of the molecule is O=C1CNc2ccc(CNC[C@]3(CCc4cc5ccc(F)cc5[nH]c4=O)CNCC[C@H]3O)nc2O1. The van der Waals surface area contributed by atoms with Gasteiger partial charge >= 0.3 is 5.97 Å². The molecule has 5 rings (SSSR count). The highest BCUT2D eigenvalue weighted by molar-refractivity contribution is 5.82. The Hall–Kier alpha value is -3.34. The lowest BCUT2D eigenvalue weighted by atomic mass is 9.73. The van der Waals surface area contributed by atoms with Crippen LogP contribution in [-0.2, 0) is 17.8 Å². The van der Waals surface area contributed by atoms with Crippen molar-refractivity contribution in [1.29, 1.82) is 0 Å². The number of aromatic amines is 1. The molecule has 4 heterocycles. The molecule has 0 unspecified atom stereocenters. The standard InChI is InChI=1S/C25H28FN5O4/c26-17-2-1-15-9-16(23(34)31-20(15)10-17)5-7-25(13-27-8-6-21(25)32)14-28-11-18-3-4-19-24(30-18)35-22(33)12-29-19/h1-4,9-10,21,27-29,32H,5-8,11-14H2,(H,31,34)/t21-,25+/m1/s1. The number of H-pyrrole nitrogens is 1. The van der Waals surface area contributed by atoms with E-state index in [9.17, 15) is 19.1 Å². The molecule has 2 aliphatic heterocycles. The second kappa shape index (κ2) is 9.73. The molecule has 1 aromatic carbocycles. The molecule has 0 saturated carbocycles. The fraction of sp³-hybridized carbons (Fsp3) is 0.400. The minimum Gasteiger partial charge on any atom is -0.404 e. The molecular weight excluding hydrogens is 453 g/mol. The lowest BCUT2D eigenvalue weighted by Gasteiger charge is -2.42. The summed E-state index contributed by atoms with van der Waals surface area (Å²) in [6, 6.07) is 9.82. The Kier molecular flexibility index (Phi) is 6.50. The van der Waals surface area contributed by atoms with Gasteiger partial charge in [0, 0.05) is 30.6 Å². The van der Waals surface area contributed by atoms with Gasteiger partial charge < -0.3 is 30.8 Å². The highest BCUT2D eigenvalue weighted by Crippen LogP contribution is 2.32. The quantitative estimate of drug-likeness (QED) is 0.321. The molecule has 1 saturated heterocycles. The molecule has 0 spiro atoms. The van der Waals surface area contributed by atoms with Gasteiger partial charge in [0.1, 0.15) is 12.4 Å². The van der Waals surface area contributed by atoms with Crippen LogP contribution in [0, 0.1) is 11.2 Å². The minimum absolute atomic E-state index is 0.122. The lowest BCUT2D eigenvalue weighted by Crippen LogP contribution is -2.55. The van der Waals surface area contributed by atoms with E-state index in [2.05, 4.69) is 25.9 Å². The van der Waals surface area contributed by atoms with E-state index in [-0.39, 0.29) is 24.0 Å². The number of rotatable bonds is 7. The molecule has 3 aromatic rings. The fourth-order valence-corrected chi connectivity index (χ4v) is 4.85. The maximum Gasteiger partial charge on any atom is 0.332 e. The zero-order chi connectivity index (χ0) is 24.4. The summed E-state index contributed by atoms with van der Waals surface area (Å²) in [6.07, 6.45) is 1.14. The number of carbonyl (C=O) groups is 1. The zero-order valence-electron chi connectivity index (χ0n) is 19.2. The monoisotopic (exact) mass is 481 g/mol. The first-order chi connectivity index (χ1) is 16.9. The summed E-state index contributed by atoms with van der Waals surface area (Å²) in [5.74, 6) is -0.505. The topological polar surface area (TPSA) is 128 Å². The van der Waals surface area contributed by atoms with Crippen molar-refractivity contribution in [3.05, 3.63) is 63.8 Å². The lowest BCUT2D eigenvalue weighted by molar-refractivity contribution is -0.133. The zero-order valence-corrected chi connectivity index (χ0v) is 19.2. The number of benzene rings is 1. The van der Waals surface area contributed by atoms with Crippen molar-refractivity contribution < 1.29 is 19.0 Å². The third-order valence-electron chi connectivity index (χ3n) is 6.89. The third-order valence-corrected chi connectivity index (χ3v) is 6.89. The number of piperidine rings is 1. The van der Waals surface area contributed by atoms with E-state index < -0.39 is 17.3 Å². The number of anilines is 1. The smallest absolute Gasteiger partial charge is 0.332 e. The maximum atomic E-state index is 13.5. The average molecular weight is 482 g/mol. The Morgan fingerprint density at radius 3 is 2.97 bits per heavy atom. The molecule has 0 bridgehead atoms. The second-order valence-electron chi connectivity index (χ2n) is 9.29. The van der Waals surface area contributed by atoms with Gasteiger partial charge in [-0.3, -0.25) is 4.79 Å². The summed E-state index contributed by atoms with van der Waals surface area (Å²) < 4.78 is 18.7. The van der Waals surface area contributed by atoms with E-state index in [4.69, 9.17) is 4.74 Å². The molecule has 5 N–H and O–H groups in total. The number of fused-ring (bicyclic) bond motifs is 2. The summed E-state index contributed by atoms with van der Waals surface area (Å²) in [7, 11) is 0. The Balaban J connectivity index is 1.28. The third kappa shape index (κ3) is 5.04. The summed E-state index contributed by atoms with van der Waals surface area (Å²) in [6.45, 7) is 2.40. The molecule has 2 aromatic heterocycles. The Morgan fingerprint density at radius 2 is 2.11 bits per heavy atom. The Labute approximate surface area is 201 Å². The molecule has 184 valence electrons. The normalized spacial score (nSPS) is 21.9. The number of aliphatic hydroxyl groups excluding tert-OH is 1. The highest BCUT2D eigenvalue weighted by Gasteiger charge is 2.39. The van der Waals surface area contributed by atoms with Gasteiger partial charge in [0.25, 0.3) is 5.56 Å². The van der Waals surface area contributed by atoms with Crippen molar-refractivity contribution in [2.24, 2.45) is 5.41 Å². The van der Waals surface area contributed by atoms with Gasteiger partial charge in [-0.25, -0.2) is 14.2 Å². The number of hydrogen-bond donors (Lipinski definition) is 5. The van der Waals surface area contributed by atoms with E-state index in [0.29, 0.717) is 61.4 Å². The first kappa shape index (κ1) is 23.4. The van der Waals surface area contributed by atoms with Crippen molar-refractivity contribution in [3.8, 4) is 5.88 Å². The van der Waals surface area contributed by atoms with E-state index in [1.165, 1.54) is 12.1 Å². The van der Waals surface area contributed by atoms with Crippen molar-refractivity contribution >= 4 is 22.6 Å². The van der Waals surface area contributed by atoms with Gasteiger partial charge in [0.2, 0.25) is 5.88 Å². The van der Waals surface area contributed by atoms with Crippen molar-refractivity contribution in [2.45, 2.75) is 31.9 Å². The van der Waals surface area contributed by atoms with E-state index in [0.717, 1.165) is 11.9 Å². The fourth-order valence-electron chi connectivity index (χ4n) is 4.85. The maximum absolute atomic E-state index is 13.5. The predicted molar refractivity (Wildman–Crippen MR) is 129 cm³/mol. The Bertz CT molecular complexity index is 1310. The number of halogens is 1. The van der Waals surface area contributed by atoms with Gasteiger partial charge in [-0.1, -0.05) is 0 Å². The highest BCUT2D eigenvalue weighted by atomic mass is 19.1. The predicted octanol–water partition coefficient (Wildman–Crippen LogP) is 1.46. The molecule has 9 nitrogen and oxygen atoms in total.